The second kappa shape index (κ2) is 8.60. The molecule has 2 atom stereocenters. The lowest BCUT2D eigenvalue weighted by atomic mass is 9.58. The fourth-order valence-corrected chi connectivity index (χ4v) is 5.91. The average molecular weight is 497 g/mol. The first kappa shape index (κ1) is 22.0. The van der Waals surface area contributed by atoms with Crippen molar-refractivity contribution < 1.29 is 18.7 Å². The molecule has 35 heavy (non-hydrogen) atoms. The third-order valence-corrected chi connectivity index (χ3v) is 7.56. The van der Waals surface area contributed by atoms with Gasteiger partial charge in [0.1, 0.15) is 16.4 Å². The molecule has 4 aromatic rings. The molecule has 2 bridgehead atoms. The van der Waals surface area contributed by atoms with E-state index in [1.807, 2.05) is 0 Å². The minimum Gasteiger partial charge on any atom is -0.481 e. The zero-order valence-electron chi connectivity index (χ0n) is 18.5. The van der Waals surface area contributed by atoms with E-state index in [2.05, 4.69) is 30.2 Å². The quantitative estimate of drug-likeness (QED) is 0.339. The van der Waals surface area contributed by atoms with Gasteiger partial charge < -0.3 is 19.8 Å². The number of nitrogens with one attached hydrogen (secondary N) is 2. The number of hydrogen-bond acceptors (Lipinski definition) is 7. The van der Waals surface area contributed by atoms with Gasteiger partial charge in [-0.3, -0.25) is 4.79 Å². The van der Waals surface area contributed by atoms with E-state index in [0.29, 0.717) is 29.2 Å². The van der Waals surface area contributed by atoms with Crippen LogP contribution in [-0.2, 0) is 4.79 Å². The summed E-state index contributed by atoms with van der Waals surface area (Å²) >= 11 is 5.95. The van der Waals surface area contributed by atoms with Crippen molar-refractivity contribution in [3.05, 3.63) is 41.8 Å². The molecule has 7 rings (SSSR count). The Balaban J connectivity index is 1.39. The van der Waals surface area contributed by atoms with Crippen molar-refractivity contribution in [2.45, 2.75) is 25.7 Å². The fraction of sp³-hybridized carbons (Fsp3) is 0.375. The molecule has 3 fully saturated rings. The van der Waals surface area contributed by atoms with Crippen molar-refractivity contribution in [3.8, 4) is 22.8 Å². The zero-order valence-corrected chi connectivity index (χ0v) is 19.3. The Kier molecular flexibility index (Phi) is 5.40. The number of nitrogens with zero attached hydrogens (tertiary/aromatic N) is 4. The maximum absolute atomic E-state index is 15.6. The first-order valence-electron chi connectivity index (χ1n) is 11.6. The molecule has 4 aromatic heterocycles. The molecule has 3 aliphatic rings. The zero-order chi connectivity index (χ0) is 24.1. The summed E-state index contributed by atoms with van der Waals surface area (Å²) in [5.41, 5.74) is 1.48. The van der Waals surface area contributed by atoms with Crippen LogP contribution in [0, 0.1) is 29.5 Å². The second-order valence-electron chi connectivity index (χ2n) is 9.21. The smallest absolute Gasteiger partial charge is 0.307 e. The van der Waals surface area contributed by atoms with Gasteiger partial charge in [0, 0.05) is 12.7 Å². The fourth-order valence-electron chi connectivity index (χ4n) is 5.77. The lowest BCUT2D eigenvalue weighted by Crippen LogP contribution is -2.46. The number of carbonyl (C=O) groups is 1. The number of aromatic nitrogens is 5. The number of halogens is 2. The minimum atomic E-state index is -0.776. The third-order valence-electron chi connectivity index (χ3n) is 7.38. The number of carboxylic acids is 1. The highest BCUT2D eigenvalue weighted by molar-refractivity contribution is 6.29. The largest absolute Gasteiger partial charge is 0.481 e. The molecule has 4 heterocycles. The average Bonchev–Trinajstić information content (AvgIpc) is 3.54. The highest BCUT2D eigenvalue weighted by Crippen LogP contribution is 2.49. The van der Waals surface area contributed by atoms with Gasteiger partial charge in [-0.15, -0.1) is 0 Å². The first-order chi connectivity index (χ1) is 17.0. The molecule has 0 saturated heterocycles. The number of aliphatic carboxylic acids is 1. The van der Waals surface area contributed by atoms with E-state index in [-0.39, 0.29) is 40.1 Å². The van der Waals surface area contributed by atoms with E-state index in [4.69, 9.17) is 16.0 Å². The Hall–Kier alpha value is -3.53. The summed E-state index contributed by atoms with van der Waals surface area (Å²) in [5, 5.41) is 13.2. The predicted octanol–water partition coefficient (Wildman–Crippen LogP) is 5.02. The summed E-state index contributed by atoms with van der Waals surface area (Å²) in [7, 11) is 0. The summed E-state index contributed by atoms with van der Waals surface area (Å²) in [4.78, 5) is 32.5. The molecule has 11 heteroatoms. The van der Waals surface area contributed by atoms with Gasteiger partial charge in [0.2, 0.25) is 0 Å². The predicted molar refractivity (Wildman–Crippen MR) is 126 cm³/mol. The molecular weight excluding hydrogens is 475 g/mol. The lowest BCUT2D eigenvalue weighted by molar-refractivity contribution is -0.151. The topological polar surface area (TPSA) is 130 Å². The van der Waals surface area contributed by atoms with Crippen LogP contribution in [-0.4, -0.2) is 42.5 Å². The van der Waals surface area contributed by atoms with Gasteiger partial charge in [-0.1, -0.05) is 11.6 Å². The molecule has 3 aliphatic carbocycles. The van der Waals surface area contributed by atoms with Gasteiger partial charge in [-0.2, -0.15) is 0 Å². The highest BCUT2D eigenvalue weighted by atomic mass is 35.5. The third kappa shape index (κ3) is 3.81. The SMILES string of the molecule is O=C(O)[C@H]1C2CCC(CC2)C1CNc1nc(-c2c[nH]c3nc(Cl)cnc23)nc(-c2ccco2)c1F. The Morgan fingerprint density at radius 2 is 2.03 bits per heavy atom. The van der Waals surface area contributed by atoms with Crippen LogP contribution in [0.1, 0.15) is 25.7 Å². The molecule has 3 saturated carbocycles. The number of carboxylic acid groups (broad SMARTS) is 1. The lowest BCUT2D eigenvalue weighted by Gasteiger charge is -2.46. The molecule has 9 nitrogen and oxygen atoms in total. The van der Waals surface area contributed by atoms with Gasteiger partial charge in [0.15, 0.2) is 28.9 Å². The van der Waals surface area contributed by atoms with Crippen LogP contribution >= 0.6 is 11.6 Å². The first-order valence-corrected chi connectivity index (χ1v) is 12.0. The normalized spacial score (nSPS) is 23.6. The second-order valence-corrected chi connectivity index (χ2v) is 9.60. The van der Waals surface area contributed by atoms with Crippen LogP contribution in [0.4, 0.5) is 10.2 Å². The minimum absolute atomic E-state index is 0.00118. The van der Waals surface area contributed by atoms with E-state index < -0.39 is 17.7 Å². The van der Waals surface area contributed by atoms with Gasteiger partial charge in [-0.25, -0.2) is 24.3 Å². The van der Waals surface area contributed by atoms with Crippen molar-refractivity contribution >= 4 is 34.6 Å². The van der Waals surface area contributed by atoms with E-state index in [1.54, 1.807) is 18.3 Å². The molecule has 1 unspecified atom stereocenters. The summed E-state index contributed by atoms with van der Waals surface area (Å²) in [6.45, 7) is 0.312. The molecule has 3 N–H and O–H groups in total. The number of rotatable bonds is 6. The number of furan rings is 1. The number of fused-ring (bicyclic) bond motifs is 4. The highest BCUT2D eigenvalue weighted by Gasteiger charge is 2.47. The molecule has 180 valence electrons. The van der Waals surface area contributed by atoms with E-state index in [1.165, 1.54) is 12.5 Å². The monoisotopic (exact) mass is 496 g/mol. The Bertz CT molecular complexity index is 1400. The van der Waals surface area contributed by atoms with Crippen LogP contribution in [0.15, 0.2) is 35.2 Å². The van der Waals surface area contributed by atoms with Gasteiger partial charge >= 0.3 is 5.97 Å². The van der Waals surface area contributed by atoms with Crippen molar-refractivity contribution in [2.75, 3.05) is 11.9 Å². The van der Waals surface area contributed by atoms with Crippen molar-refractivity contribution in [2.24, 2.45) is 23.7 Å². The molecule has 0 radical (unpaired) electrons. The summed E-state index contributed by atoms with van der Waals surface area (Å²) < 4.78 is 21.0. The van der Waals surface area contributed by atoms with Gasteiger partial charge in [0.25, 0.3) is 0 Å². The molecule has 0 aliphatic heterocycles. The number of H-pyrrole nitrogens is 1. The number of hydrogen-bond donors (Lipinski definition) is 3. The standard InChI is InChI=1S/C24H22ClFN6O3/c25-16-10-27-19-14(9-29-23(19)30-16)21-31-20(15-2-1-7-35-15)18(26)22(32-21)28-8-13-11-3-5-12(6-4-11)17(13)24(33)34/h1-2,7,9-13,17H,3-6,8H2,(H,29,30)(H,33,34)(H,28,31,32)/t11?,12?,13?,17-/m0/s1. The summed E-state index contributed by atoms with van der Waals surface area (Å²) in [5.74, 6) is -1.02. The van der Waals surface area contributed by atoms with E-state index >= 15 is 4.39 Å². The Morgan fingerprint density at radius 1 is 1.23 bits per heavy atom. The maximum Gasteiger partial charge on any atom is 0.307 e. The Labute approximate surface area is 204 Å². The van der Waals surface area contributed by atoms with Crippen LogP contribution in [0.25, 0.3) is 34.0 Å². The molecule has 0 aromatic carbocycles. The molecule has 0 spiro atoms. The van der Waals surface area contributed by atoms with E-state index in [0.717, 1.165) is 25.7 Å². The van der Waals surface area contributed by atoms with Crippen molar-refractivity contribution in [1.82, 2.24) is 24.9 Å². The van der Waals surface area contributed by atoms with Crippen LogP contribution in [0.2, 0.25) is 5.15 Å². The number of aromatic amines is 1. The molecular formula is C24H22ClFN6O3. The summed E-state index contributed by atoms with van der Waals surface area (Å²) in [6.07, 6.45) is 8.40. The van der Waals surface area contributed by atoms with Crippen molar-refractivity contribution in [1.29, 1.82) is 0 Å². The maximum atomic E-state index is 15.6. The van der Waals surface area contributed by atoms with Gasteiger partial charge in [-0.05, 0) is 55.6 Å². The van der Waals surface area contributed by atoms with Crippen molar-refractivity contribution in [3.63, 3.8) is 0 Å². The van der Waals surface area contributed by atoms with Crippen LogP contribution in [0.5, 0.6) is 0 Å². The van der Waals surface area contributed by atoms with Crippen LogP contribution in [0.3, 0.4) is 0 Å². The van der Waals surface area contributed by atoms with E-state index in [9.17, 15) is 9.90 Å². The number of anilines is 1. The van der Waals surface area contributed by atoms with Crippen LogP contribution < -0.4 is 5.32 Å². The molecule has 0 amide bonds. The Morgan fingerprint density at radius 3 is 2.77 bits per heavy atom. The summed E-state index contributed by atoms with van der Waals surface area (Å²) in [6, 6.07) is 3.27. The van der Waals surface area contributed by atoms with Gasteiger partial charge in [0.05, 0.1) is 23.9 Å².